The molecule has 2 rings (SSSR count). The van der Waals surface area contributed by atoms with Gasteiger partial charge in [-0.25, -0.2) is 0 Å². The van der Waals surface area contributed by atoms with Crippen LogP contribution in [0, 0.1) is 11.3 Å². The molecule has 0 aliphatic carbocycles. The lowest BCUT2D eigenvalue weighted by atomic mass is 10.2. The van der Waals surface area contributed by atoms with E-state index in [1.165, 1.54) is 0 Å². The Balaban J connectivity index is 2.13. The van der Waals surface area contributed by atoms with E-state index in [1.807, 2.05) is 0 Å². The average molecular weight is 272 g/mol. The van der Waals surface area contributed by atoms with Crippen molar-refractivity contribution in [2.24, 2.45) is 0 Å². The van der Waals surface area contributed by atoms with Gasteiger partial charge in [0.15, 0.2) is 10.4 Å². The largest absolute Gasteiger partial charge is 0.449 e. The van der Waals surface area contributed by atoms with Gasteiger partial charge in [-0.15, -0.1) is 0 Å². The molecule has 0 radical (unpaired) electrons. The monoisotopic (exact) mass is 271 g/mol. The van der Waals surface area contributed by atoms with Gasteiger partial charge in [0.1, 0.15) is 0 Å². The van der Waals surface area contributed by atoms with Crippen LogP contribution in [0.3, 0.4) is 0 Å². The first kappa shape index (κ1) is 10.7. The summed E-state index contributed by atoms with van der Waals surface area (Å²) in [7, 11) is 0. The predicted octanol–water partition coefficient (Wildman–Crippen LogP) is 2.54. The maximum Gasteiger partial charge on any atom is 0.225 e. The Labute approximate surface area is 95.9 Å². The predicted molar refractivity (Wildman–Crippen MR) is 54.8 cm³/mol. The molecule has 4 nitrogen and oxygen atoms in total. The minimum Gasteiger partial charge on any atom is -0.449 e. The summed E-state index contributed by atoms with van der Waals surface area (Å²) in [5.74, 6) is -0.261. The molecule has 0 bridgehead atoms. The van der Waals surface area contributed by atoms with Crippen LogP contribution in [-0.2, 0) is 15.3 Å². The van der Waals surface area contributed by atoms with Crippen LogP contribution in [0.25, 0.3) is 0 Å². The van der Waals surface area contributed by atoms with Crippen LogP contribution in [0.15, 0.2) is 21.2 Å². The van der Waals surface area contributed by atoms with Crippen molar-refractivity contribution >= 4 is 15.9 Å². The first-order chi connectivity index (χ1) is 7.14. The molecule has 0 aromatic carbocycles. The van der Waals surface area contributed by atoms with Crippen molar-refractivity contribution < 1.29 is 13.9 Å². The molecule has 5 heteroatoms. The number of ether oxygens (including phenoxy) is 2. The zero-order valence-electron chi connectivity index (χ0n) is 8.20. The van der Waals surface area contributed by atoms with E-state index in [0.717, 1.165) is 0 Å². The van der Waals surface area contributed by atoms with E-state index >= 15 is 0 Å². The Bertz CT molecular complexity index is 398. The fraction of sp³-hybridized carbons (Fsp3) is 0.500. The van der Waals surface area contributed by atoms with Crippen LogP contribution in [0.2, 0.25) is 0 Å². The summed E-state index contributed by atoms with van der Waals surface area (Å²) in [6, 6.07) is 5.63. The van der Waals surface area contributed by atoms with Gasteiger partial charge >= 0.3 is 0 Å². The first-order valence-electron chi connectivity index (χ1n) is 4.58. The van der Waals surface area contributed by atoms with Crippen molar-refractivity contribution in [1.82, 2.24) is 0 Å². The summed E-state index contributed by atoms with van der Waals surface area (Å²) in [6.45, 7) is 2.21. The fourth-order valence-corrected chi connectivity index (χ4v) is 1.83. The maximum atomic E-state index is 8.56. The van der Waals surface area contributed by atoms with Crippen molar-refractivity contribution in [3.63, 3.8) is 0 Å². The molecule has 1 aliphatic heterocycles. The first-order valence-corrected chi connectivity index (χ1v) is 5.38. The standard InChI is InChI=1S/C10H10BrNO3/c1-10(8-2-3-9(11)14-8)13-6-7(15-10)4-5-12/h2-3,7H,4,6H2,1H3. The van der Waals surface area contributed by atoms with Gasteiger partial charge in [-0.1, -0.05) is 0 Å². The number of hydrogen-bond donors (Lipinski definition) is 0. The quantitative estimate of drug-likeness (QED) is 0.830. The Morgan fingerprint density at radius 1 is 1.67 bits per heavy atom. The molecule has 1 aromatic heterocycles. The lowest BCUT2D eigenvalue weighted by Gasteiger charge is -2.19. The summed E-state index contributed by atoms with van der Waals surface area (Å²) >= 11 is 3.22. The van der Waals surface area contributed by atoms with Gasteiger partial charge in [-0.05, 0) is 35.0 Å². The highest BCUT2D eigenvalue weighted by Crippen LogP contribution is 2.36. The number of hydrogen-bond acceptors (Lipinski definition) is 4. The highest BCUT2D eigenvalue weighted by atomic mass is 79.9. The van der Waals surface area contributed by atoms with E-state index in [2.05, 4.69) is 22.0 Å². The Morgan fingerprint density at radius 2 is 2.47 bits per heavy atom. The molecule has 1 aliphatic rings. The van der Waals surface area contributed by atoms with Crippen LogP contribution in [0.5, 0.6) is 0 Å². The highest BCUT2D eigenvalue weighted by molar-refractivity contribution is 9.10. The second-order valence-corrected chi connectivity index (χ2v) is 4.24. The summed E-state index contributed by atoms with van der Waals surface area (Å²) in [5, 5.41) is 8.56. The van der Waals surface area contributed by atoms with E-state index in [-0.39, 0.29) is 6.10 Å². The number of nitriles is 1. The van der Waals surface area contributed by atoms with Crippen molar-refractivity contribution in [3.8, 4) is 6.07 Å². The SMILES string of the molecule is CC1(c2ccc(Br)o2)OCC(CC#N)O1. The summed E-state index contributed by atoms with van der Waals surface area (Å²) < 4.78 is 17.2. The third-order valence-electron chi connectivity index (χ3n) is 2.28. The molecule has 1 saturated heterocycles. The molecular weight excluding hydrogens is 262 g/mol. The number of rotatable bonds is 2. The Hall–Kier alpha value is -0.830. The lowest BCUT2D eigenvalue weighted by Crippen LogP contribution is -2.23. The van der Waals surface area contributed by atoms with Crippen LogP contribution in [0.1, 0.15) is 19.1 Å². The van der Waals surface area contributed by atoms with Gasteiger partial charge in [-0.3, -0.25) is 0 Å². The molecular formula is C10H10BrNO3. The normalized spacial score (nSPS) is 30.3. The third-order valence-corrected chi connectivity index (χ3v) is 2.70. The molecule has 0 spiro atoms. The van der Waals surface area contributed by atoms with Gasteiger partial charge in [-0.2, -0.15) is 5.26 Å². The molecule has 2 unspecified atom stereocenters. The molecule has 2 heterocycles. The van der Waals surface area contributed by atoms with Crippen molar-refractivity contribution in [2.45, 2.75) is 25.2 Å². The lowest BCUT2D eigenvalue weighted by molar-refractivity contribution is -0.174. The molecule has 1 aromatic rings. The average Bonchev–Trinajstić information content (AvgIpc) is 2.75. The molecule has 0 N–H and O–H groups in total. The van der Waals surface area contributed by atoms with Crippen LogP contribution in [0.4, 0.5) is 0 Å². The second kappa shape index (κ2) is 3.97. The molecule has 1 fully saturated rings. The summed E-state index contributed by atoms with van der Waals surface area (Å²) in [5.41, 5.74) is 0. The molecule has 0 saturated carbocycles. The third kappa shape index (κ3) is 2.07. The van der Waals surface area contributed by atoms with Crippen molar-refractivity contribution in [2.75, 3.05) is 6.61 Å². The minimum atomic E-state index is -0.868. The van der Waals surface area contributed by atoms with E-state index < -0.39 is 5.79 Å². The number of furan rings is 1. The number of halogens is 1. The Morgan fingerprint density at radius 3 is 3.07 bits per heavy atom. The van der Waals surface area contributed by atoms with Crippen LogP contribution < -0.4 is 0 Å². The minimum absolute atomic E-state index is 0.177. The van der Waals surface area contributed by atoms with E-state index in [1.54, 1.807) is 19.1 Å². The topological polar surface area (TPSA) is 55.4 Å². The fourth-order valence-electron chi connectivity index (χ4n) is 1.53. The van der Waals surface area contributed by atoms with Crippen LogP contribution in [-0.4, -0.2) is 12.7 Å². The second-order valence-electron chi connectivity index (χ2n) is 3.46. The Kier molecular flexibility index (Phi) is 2.83. The maximum absolute atomic E-state index is 8.56. The molecule has 80 valence electrons. The summed E-state index contributed by atoms with van der Waals surface area (Å²) in [4.78, 5) is 0. The van der Waals surface area contributed by atoms with Gasteiger partial charge in [0.05, 0.1) is 25.2 Å². The molecule has 0 amide bonds. The van der Waals surface area contributed by atoms with E-state index in [4.69, 9.17) is 19.2 Å². The van der Waals surface area contributed by atoms with Gasteiger partial charge in [0.2, 0.25) is 5.79 Å². The van der Waals surface area contributed by atoms with Crippen molar-refractivity contribution in [3.05, 3.63) is 22.6 Å². The van der Waals surface area contributed by atoms with Crippen molar-refractivity contribution in [1.29, 1.82) is 5.26 Å². The highest BCUT2D eigenvalue weighted by Gasteiger charge is 2.41. The summed E-state index contributed by atoms with van der Waals surface area (Å²) in [6.07, 6.45) is 0.154. The smallest absolute Gasteiger partial charge is 0.225 e. The number of nitrogens with zero attached hydrogens (tertiary/aromatic N) is 1. The van der Waals surface area contributed by atoms with E-state index in [0.29, 0.717) is 23.5 Å². The zero-order chi connectivity index (χ0) is 10.9. The molecule has 2 atom stereocenters. The zero-order valence-corrected chi connectivity index (χ0v) is 9.78. The van der Waals surface area contributed by atoms with E-state index in [9.17, 15) is 0 Å². The van der Waals surface area contributed by atoms with Gasteiger partial charge < -0.3 is 13.9 Å². The van der Waals surface area contributed by atoms with Gasteiger partial charge in [0.25, 0.3) is 0 Å². The molecule has 15 heavy (non-hydrogen) atoms. The van der Waals surface area contributed by atoms with Gasteiger partial charge in [0, 0.05) is 0 Å². The van der Waals surface area contributed by atoms with Crippen LogP contribution >= 0.6 is 15.9 Å².